The van der Waals surface area contributed by atoms with E-state index < -0.39 is 0 Å². The summed E-state index contributed by atoms with van der Waals surface area (Å²) in [6, 6.07) is 8.41. The van der Waals surface area contributed by atoms with Crippen LogP contribution in [-0.2, 0) is 6.54 Å². The first-order chi connectivity index (χ1) is 8.46. The van der Waals surface area contributed by atoms with Gasteiger partial charge in [0.1, 0.15) is 0 Å². The Morgan fingerprint density at radius 1 is 1.28 bits per heavy atom. The first kappa shape index (κ1) is 12.8. The van der Waals surface area contributed by atoms with Gasteiger partial charge < -0.3 is 5.32 Å². The van der Waals surface area contributed by atoms with Gasteiger partial charge in [0.05, 0.1) is 5.69 Å². The Labute approximate surface area is 109 Å². The topological polar surface area (TPSA) is 29.9 Å². The molecular formula is C15H21N3. The van der Waals surface area contributed by atoms with Crippen LogP contribution in [-0.4, -0.2) is 15.3 Å². The fourth-order valence-electron chi connectivity index (χ4n) is 1.85. The first-order valence-electron chi connectivity index (χ1n) is 6.30. The van der Waals surface area contributed by atoms with E-state index in [2.05, 4.69) is 56.3 Å². The summed E-state index contributed by atoms with van der Waals surface area (Å²) in [6.07, 6.45) is 3.78. The van der Waals surface area contributed by atoms with Gasteiger partial charge in [-0.1, -0.05) is 17.7 Å². The molecule has 1 aromatic carbocycles. The normalized spacial score (nSPS) is 11.8. The molecule has 2 aromatic rings. The van der Waals surface area contributed by atoms with Gasteiger partial charge in [-0.05, 0) is 45.4 Å². The van der Waals surface area contributed by atoms with E-state index in [1.807, 2.05) is 16.9 Å². The van der Waals surface area contributed by atoms with Crippen molar-refractivity contribution in [3.63, 3.8) is 0 Å². The molecule has 0 saturated heterocycles. The third kappa shape index (κ3) is 3.20. The number of nitrogens with one attached hydrogen (secondary N) is 1. The van der Waals surface area contributed by atoms with Gasteiger partial charge in [0, 0.05) is 24.5 Å². The molecule has 3 nitrogen and oxygen atoms in total. The minimum Gasteiger partial charge on any atom is -0.308 e. The lowest BCUT2D eigenvalue weighted by Gasteiger charge is -2.22. The van der Waals surface area contributed by atoms with E-state index in [9.17, 15) is 0 Å². The van der Waals surface area contributed by atoms with Gasteiger partial charge in [0.2, 0.25) is 0 Å². The predicted octanol–water partition coefficient (Wildman–Crippen LogP) is 3.07. The molecule has 1 N–H and O–H groups in total. The summed E-state index contributed by atoms with van der Waals surface area (Å²) in [5.41, 5.74) is 3.80. The lowest BCUT2D eigenvalue weighted by atomic mass is 10.1. The van der Waals surface area contributed by atoms with Crippen molar-refractivity contribution in [1.29, 1.82) is 0 Å². The summed E-state index contributed by atoms with van der Waals surface area (Å²) in [6.45, 7) is 9.50. The number of rotatable bonds is 3. The predicted molar refractivity (Wildman–Crippen MR) is 74.9 cm³/mol. The SMILES string of the molecule is Cc1ccc(-n2cccn2)c(CNC(C)(C)C)c1. The molecule has 0 spiro atoms. The number of hydrogen-bond donors (Lipinski definition) is 1. The van der Waals surface area contributed by atoms with Crippen molar-refractivity contribution in [2.75, 3.05) is 0 Å². The lowest BCUT2D eigenvalue weighted by Crippen LogP contribution is -2.35. The Morgan fingerprint density at radius 3 is 2.67 bits per heavy atom. The molecule has 0 saturated carbocycles. The average Bonchev–Trinajstić information content (AvgIpc) is 2.79. The number of aryl methyl sites for hydroxylation is 1. The number of aromatic nitrogens is 2. The molecule has 18 heavy (non-hydrogen) atoms. The molecule has 1 aromatic heterocycles. The Balaban J connectivity index is 2.30. The first-order valence-corrected chi connectivity index (χ1v) is 6.30. The summed E-state index contributed by atoms with van der Waals surface area (Å²) in [5.74, 6) is 0. The van der Waals surface area contributed by atoms with Crippen molar-refractivity contribution >= 4 is 0 Å². The van der Waals surface area contributed by atoms with Gasteiger partial charge >= 0.3 is 0 Å². The minimum atomic E-state index is 0.116. The largest absolute Gasteiger partial charge is 0.308 e. The van der Waals surface area contributed by atoms with E-state index in [0.717, 1.165) is 12.2 Å². The van der Waals surface area contributed by atoms with Gasteiger partial charge in [0.15, 0.2) is 0 Å². The quantitative estimate of drug-likeness (QED) is 0.898. The van der Waals surface area contributed by atoms with E-state index >= 15 is 0 Å². The highest BCUT2D eigenvalue weighted by molar-refractivity contribution is 5.42. The van der Waals surface area contributed by atoms with Crippen LogP contribution in [0.5, 0.6) is 0 Å². The zero-order valence-electron chi connectivity index (χ0n) is 11.6. The second-order valence-electron chi connectivity index (χ2n) is 5.69. The molecule has 0 aliphatic rings. The fourth-order valence-corrected chi connectivity index (χ4v) is 1.85. The van der Waals surface area contributed by atoms with Crippen molar-refractivity contribution in [3.8, 4) is 5.69 Å². The van der Waals surface area contributed by atoms with Crippen molar-refractivity contribution in [2.24, 2.45) is 0 Å². The molecule has 0 aliphatic heterocycles. The van der Waals surface area contributed by atoms with E-state index in [1.54, 1.807) is 6.20 Å². The van der Waals surface area contributed by atoms with Crippen LogP contribution in [0, 0.1) is 6.92 Å². The summed E-state index contributed by atoms with van der Waals surface area (Å²) in [7, 11) is 0. The monoisotopic (exact) mass is 243 g/mol. The Morgan fingerprint density at radius 2 is 2.06 bits per heavy atom. The van der Waals surface area contributed by atoms with Crippen LogP contribution in [0.2, 0.25) is 0 Å². The van der Waals surface area contributed by atoms with Crippen LogP contribution in [0.3, 0.4) is 0 Å². The van der Waals surface area contributed by atoms with Crippen molar-refractivity contribution in [1.82, 2.24) is 15.1 Å². The maximum atomic E-state index is 4.31. The summed E-state index contributed by atoms with van der Waals surface area (Å²) in [4.78, 5) is 0. The molecule has 96 valence electrons. The number of nitrogens with zero attached hydrogens (tertiary/aromatic N) is 2. The third-order valence-electron chi connectivity index (χ3n) is 2.80. The average molecular weight is 243 g/mol. The van der Waals surface area contributed by atoms with Crippen LogP contribution in [0.4, 0.5) is 0 Å². The second-order valence-corrected chi connectivity index (χ2v) is 5.69. The standard InChI is InChI=1S/C15H21N3/c1-12-6-7-14(18-9-5-8-17-18)13(10-12)11-16-15(2,3)4/h5-10,16H,11H2,1-4H3. The Kier molecular flexibility index (Phi) is 3.53. The Hall–Kier alpha value is -1.61. The smallest absolute Gasteiger partial charge is 0.0690 e. The lowest BCUT2D eigenvalue weighted by molar-refractivity contribution is 0.423. The molecule has 0 atom stereocenters. The van der Waals surface area contributed by atoms with Gasteiger partial charge in [-0.15, -0.1) is 0 Å². The van der Waals surface area contributed by atoms with E-state index in [1.165, 1.54) is 11.1 Å². The maximum Gasteiger partial charge on any atom is 0.0690 e. The molecule has 1 heterocycles. The summed E-state index contributed by atoms with van der Waals surface area (Å²) >= 11 is 0. The highest BCUT2D eigenvalue weighted by Crippen LogP contribution is 2.16. The molecule has 0 unspecified atom stereocenters. The van der Waals surface area contributed by atoms with E-state index in [0.29, 0.717) is 0 Å². The summed E-state index contributed by atoms with van der Waals surface area (Å²) in [5, 5.41) is 7.84. The zero-order valence-corrected chi connectivity index (χ0v) is 11.6. The summed E-state index contributed by atoms with van der Waals surface area (Å²) < 4.78 is 1.92. The molecule has 0 radical (unpaired) electrons. The zero-order chi connectivity index (χ0) is 13.2. The van der Waals surface area contributed by atoms with Crippen molar-refractivity contribution < 1.29 is 0 Å². The van der Waals surface area contributed by atoms with E-state index in [-0.39, 0.29) is 5.54 Å². The van der Waals surface area contributed by atoms with Gasteiger partial charge in [-0.25, -0.2) is 4.68 Å². The maximum absolute atomic E-state index is 4.31. The van der Waals surface area contributed by atoms with Crippen LogP contribution < -0.4 is 5.32 Å². The van der Waals surface area contributed by atoms with Gasteiger partial charge in [-0.2, -0.15) is 5.10 Å². The van der Waals surface area contributed by atoms with Crippen LogP contribution >= 0.6 is 0 Å². The van der Waals surface area contributed by atoms with Gasteiger partial charge in [0.25, 0.3) is 0 Å². The molecule has 3 heteroatoms. The molecular weight excluding hydrogens is 222 g/mol. The van der Waals surface area contributed by atoms with E-state index in [4.69, 9.17) is 0 Å². The molecule has 0 aliphatic carbocycles. The van der Waals surface area contributed by atoms with Crippen LogP contribution in [0.25, 0.3) is 5.69 Å². The molecule has 2 rings (SSSR count). The molecule has 0 bridgehead atoms. The fraction of sp³-hybridized carbons (Fsp3) is 0.400. The van der Waals surface area contributed by atoms with Crippen molar-refractivity contribution in [2.45, 2.75) is 39.8 Å². The highest BCUT2D eigenvalue weighted by atomic mass is 15.3. The van der Waals surface area contributed by atoms with Gasteiger partial charge in [-0.3, -0.25) is 0 Å². The number of benzene rings is 1. The third-order valence-corrected chi connectivity index (χ3v) is 2.80. The second kappa shape index (κ2) is 4.94. The number of hydrogen-bond acceptors (Lipinski definition) is 2. The van der Waals surface area contributed by atoms with Crippen LogP contribution in [0.1, 0.15) is 31.9 Å². The molecule has 0 amide bonds. The molecule has 0 fully saturated rings. The van der Waals surface area contributed by atoms with Crippen molar-refractivity contribution in [3.05, 3.63) is 47.8 Å². The Bertz CT molecular complexity index is 507. The van der Waals surface area contributed by atoms with Crippen LogP contribution in [0.15, 0.2) is 36.7 Å². The minimum absolute atomic E-state index is 0.116. The highest BCUT2D eigenvalue weighted by Gasteiger charge is 2.11.